The average molecular weight is 191 g/mol. The van der Waals surface area contributed by atoms with Crippen molar-refractivity contribution < 1.29 is 5.11 Å². The fourth-order valence-electron chi connectivity index (χ4n) is 1.38. The molecule has 4 heteroatoms. The van der Waals surface area contributed by atoms with Crippen LogP contribution in [0.1, 0.15) is 6.92 Å². The molecule has 4 nitrogen and oxygen atoms in total. The molecule has 0 fully saturated rings. The summed E-state index contributed by atoms with van der Waals surface area (Å²) < 4.78 is 1.74. The van der Waals surface area contributed by atoms with Gasteiger partial charge >= 0.3 is 0 Å². The molecule has 0 amide bonds. The number of aromatic nitrogens is 3. The fourth-order valence-corrected chi connectivity index (χ4v) is 1.38. The van der Waals surface area contributed by atoms with Crippen LogP contribution in [-0.2, 0) is 6.54 Å². The second-order valence-corrected chi connectivity index (χ2v) is 3.38. The van der Waals surface area contributed by atoms with E-state index in [4.69, 9.17) is 0 Å². The maximum absolute atomic E-state index is 9.18. The smallest absolute Gasteiger partial charge is 0.0708 e. The van der Waals surface area contributed by atoms with Gasteiger partial charge in [-0.15, -0.1) is 0 Å². The normalized spacial score (nSPS) is 13.0. The Morgan fingerprint density at radius 1 is 1.64 bits per heavy atom. The lowest BCUT2D eigenvalue weighted by atomic mass is 10.3. The number of hydrogen-bond acceptors (Lipinski definition) is 2. The van der Waals surface area contributed by atoms with Gasteiger partial charge in [0, 0.05) is 23.7 Å². The largest absolute Gasteiger partial charge is 0.391 e. The monoisotopic (exact) mass is 191 g/mol. The highest BCUT2D eigenvalue weighted by Gasteiger charge is 2.03. The molecular weight excluding hydrogens is 178 g/mol. The van der Waals surface area contributed by atoms with Crippen molar-refractivity contribution in [3.8, 4) is 11.3 Å². The van der Waals surface area contributed by atoms with Crippen LogP contribution in [0.2, 0.25) is 0 Å². The molecule has 2 N–H and O–H groups in total. The summed E-state index contributed by atoms with van der Waals surface area (Å²) >= 11 is 0. The summed E-state index contributed by atoms with van der Waals surface area (Å²) in [7, 11) is 0. The summed E-state index contributed by atoms with van der Waals surface area (Å²) in [6.07, 6.45) is 5.21. The first kappa shape index (κ1) is 9.02. The molecule has 0 saturated heterocycles. The van der Waals surface area contributed by atoms with Crippen molar-refractivity contribution in [2.45, 2.75) is 19.6 Å². The molecule has 0 spiro atoms. The predicted molar refractivity (Wildman–Crippen MR) is 53.7 cm³/mol. The number of rotatable bonds is 3. The van der Waals surface area contributed by atoms with E-state index >= 15 is 0 Å². The Bertz CT molecular complexity index is 389. The van der Waals surface area contributed by atoms with E-state index in [1.165, 1.54) is 0 Å². The summed E-state index contributed by atoms with van der Waals surface area (Å²) in [6, 6.07) is 3.94. The van der Waals surface area contributed by atoms with Crippen molar-refractivity contribution in [3.63, 3.8) is 0 Å². The van der Waals surface area contributed by atoms with Crippen LogP contribution < -0.4 is 0 Å². The Labute approximate surface area is 82.2 Å². The van der Waals surface area contributed by atoms with E-state index in [0.29, 0.717) is 6.54 Å². The molecule has 2 heterocycles. The summed E-state index contributed by atoms with van der Waals surface area (Å²) in [4.78, 5) is 3.10. The molecule has 0 aromatic carbocycles. The van der Waals surface area contributed by atoms with Crippen molar-refractivity contribution >= 4 is 0 Å². The van der Waals surface area contributed by atoms with Crippen LogP contribution in [0, 0.1) is 0 Å². The van der Waals surface area contributed by atoms with Gasteiger partial charge in [0.15, 0.2) is 0 Å². The van der Waals surface area contributed by atoms with Crippen molar-refractivity contribution in [2.75, 3.05) is 0 Å². The van der Waals surface area contributed by atoms with Crippen LogP contribution in [0.5, 0.6) is 0 Å². The Balaban J connectivity index is 2.18. The molecular formula is C10H13N3O. The molecule has 1 atom stereocenters. The maximum Gasteiger partial charge on any atom is 0.0708 e. The third kappa shape index (κ3) is 1.85. The highest BCUT2D eigenvalue weighted by molar-refractivity contribution is 5.56. The van der Waals surface area contributed by atoms with Crippen LogP contribution in [0.25, 0.3) is 11.3 Å². The second kappa shape index (κ2) is 3.67. The van der Waals surface area contributed by atoms with Crippen molar-refractivity contribution in [3.05, 3.63) is 30.7 Å². The molecule has 14 heavy (non-hydrogen) atoms. The Morgan fingerprint density at radius 2 is 2.50 bits per heavy atom. The lowest BCUT2D eigenvalue weighted by Crippen LogP contribution is -2.11. The molecule has 2 rings (SSSR count). The number of aliphatic hydroxyl groups is 1. The van der Waals surface area contributed by atoms with Gasteiger partial charge in [-0.3, -0.25) is 4.68 Å². The number of H-pyrrole nitrogens is 1. The third-order valence-corrected chi connectivity index (χ3v) is 1.99. The van der Waals surface area contributed by atoms with Crippen LogP contribution in [0.15, 0.2) is 30.7 Å². The minimum absolute atomic E-state index is 0.369. The Morgan fingerprint density at radius 3 is 3.14 bits per heavy atom. The number of nitrogens with one attached hydrogen (secondary N) is 1. The van der Waals surface area contributed by atoms with Gasteiger partial charge in [-0.25, -0.2) is 0 Å². The number of nitrogens with zero attached hydrogens (tertiary/aromatic N) is 2. The lowest BCUT2D eigenvalue weighted by Gasteiger charge is -2.02. The summed E-state index contributed by atoms with van der Waals surface area (Å²) in [6.45, 7) is 2.27. The minimum atomic E-state index is -0.369. The zero-order chi connectivity index (χ0) is 9.97. The average Bonchev–Trinajstić information content (AvgIpc) is 2.69. The van der Waals surface area contributed by atoms with Gasteiger partial charge in [-0.1, -0.05) is 0 Å². The first-order chi connectivity index (χ1) is 6.75. The van der Waals surface area contributed by atoms with E-state index in [1.54, 1.807) is 17.8 Å². The SMILES string of the molecule is C[C@@H](O)Cn1cc(-c2ccc[nH]2)cn1. The Kier molecular flexibility index (Phi) is 2.37. The van der Waals surface area contributed by atoms with Crippen molar-refractivity contribution in [1.29, 1.82) is 0 Å². The predicted octanol–water partition coefficient (Wildman–Crippen LogP) is 1.26. The second-order valence-electron chi connectivity index (χ2n) is 3.38. The fraction of sp³-hybridized carbons (Fsp3) is 0.300. The molecule has 0 saturated carbocycles. The minimum Gasteiger partial charge on any atom is -0.391 e. The molecule has 0 aliphatic rings. The maximum atomic E-state index is 9.18. The molecule has 2 aromatic heterocycles. The van der Waals surface area contributed by atoms with Crippen LogP contribution in [-0.4, -0.2) is 26.0 Å². The highest BCUT2D eigenvalue weighted by atomic mass is 16.3. The molecule has 0 aliphatic heterocycles. The van der Waals surface area contributed by atoms with Crippen LogP contribution in [0.4, 0.5) is 0 Å². The molecule has 74 valence electrons. The molecule has 0 radical (unpaired) electrons. The van der Waals surface area contributed by atoms with E-state index in [1.807, 2.05) is 24.5 Å². The van der Waals surface area contributed by atoms with Gasteiger partial charge in [0.05, 0.1) is 18.8 Å². The van der Waals surface area contributed by atoms with Gasteiger partial charge in [-0.05, 0) is 19.1 Å². The van der Waals surface area contributed by atoms with Gasteiger partial charge in [-0.2, -0.15) is 5.10 Å². The third-order valence-electron chi connectivity index (χ3n) is 1.99. The summed E-state index contributed by atoms with van der Waals surface area (Å²) in [5.41, 5.74) is 2.08. The number of aromatic amines is 1. The summed E-state index contributed by atoms with van der Waals surface area (Å²) in [5, 5.41) is 13.3. The number of hydrogen-bond donors (Lipinski definition) is 2. The first-order valence-electron chi connectivity index (χ1n) is 4.60. The first-order valence-corrected chi connectivity index (χ1v) is 4.60. The lowest BCUT2D eigenvalue weighted by molar-refractivity contribution is 0.168. The Hall–Kier alpha value is -1.55. The van der Waals surface area contributed by atoms with E-state index in [0.717, 1.165) is 11.3 Å². The van der Waals surface area contributed by atoms with Gasteiger partial charge in [0.2, 0.25) is 0 Å². The van der Waals surface area contributed by atoms with Crippen molar-refractivity contribution in [2.24, 2.45) is 0 Å². The highest BCUT2D eigenvalue weighted by Crippen LogP contribution is 2.15. The van der Waals surface area contributed by atoms with Crippen molar-refractivity contribution in [1.82, 2.24) is 14.8 Å². The van der Waals surface area contributed by atoms with E-state index in [-0.39, 0.29) is 6.10 Å². The molecule has 0 bridgehead atoms. The van der Waals surface area contributed by atoms with Gasteiger partial charge in [0.25, 0.3) is 0 Å². The molecule has 0 aliphatic carbocycles. The van der Waals surface area contributed by atoms with E-state index in [2.05, 4.69) is 10.1 Å². The van der Waals surface area contributed by atoms with E-state index in [9.17, 15) is 5.11 Å². The van der Waals surface area contributed by atoms with E-state index < -0.39 is 0 Å². The molecule has 2 aromatic rings. The zero-order valence-corrected chi connectivity index (χ0v) is 8.01. The standard InChI is InChI=1S/C10H13N3O/c1-8(14)6-13-7-9(5-12-13)10-3-2-4-11-10/h2-5,7-8,11,14H,6H2,1H3/t8-/m1/s1. The van der Waals surface area contributed by atoms with Crippen LogP contribution >= 0.6 is 0 Å². The zero-order valence-electron chi connectivity index (χ0n) is 8.01. The van der Waals surface area contributed by atoms with Gasteiger partial charge < -0.3 is 10.1 Å². The van der Waals surface area contributed by atoms with Crippen LogP contribution in [0.3, 0.4) is 0 Å². The topological polar surface area (TPSA) is 53.8 Å². The quantitative estimate of drug-likeness (QED) is 0.767. The molecule has 0 unspecified atom stereocenters. The van der Waals surface area contributed by atoms with Gasteiger partial charge in [0.1, 0.15) is 0 Å². The number of aliphatic hydroxyl groups excluding tert-OH is 1. The summed E-state index contributed by atoms with van der Waals surface area (Å²) in [5.74, 6) is 0.